The standard InChI is InChI=1S/C16H12O4S/c17-16(18)15-13(12-8-4-5-9-14(12)20-15)10-21(19)11-6-2-1-3-7-11/h1-9H,10H2,(H,17,18). The van der Waals surface area contributed by atoms with Crippen LogP contribution in [0.1, 0.15) is 16.1 Å². The smallest absolute Gasteiger partial charge is 0.372 e. The Hall–Kier alpha value is -2.40. The first kappa shape index (κ1) is 13.6. The van der Waals surface area contributed by atoms with E-state index in [4.69, 9.17) is 4.42 Å². The van der Waals surface area contributed by atoms with Crippen molar-refractivity contribution in [1.29, 1.82) is 0 Å². The highest BCUT2D eigenvalue weighted by Gasteiger charge is 2.21. The Bertz CT molecular complexity index is 821. The average molecular weight is 300 g/mol. The Morgan fingerprint density at radius 2 is 1.71 bits per heavy atom. The lowest BCUT2D eigenvalue weighted by Gasteiger charge is -2.02. The normalized spacial score (nSPS) is 12.4. The van der Waals surface area contributed by atoms with Crippen molar-refractivity contribution < 1.29 is 18.5 Å². The average Bonchev–Trinajstić information content (AvgIpc) is 2.87. The molecule has 0 radical (unpaired) electrons. The van der Waals surface area contributed by atoms with E-state index in [0.717, 1.165) is 0 Å². The van der Waals surface area contributed by atoms with Gasteiger partial charge in [-0.1, -0.05) is 36.4 Å². The molecule has 106 valence electrons. The number of furan rings is 1. The van der Waals surface area contributed by atoms with E-state index in [9.17, 15) is 14.1 Å². The van der Waals surface area contributed by atoms with Crippen LogP contribution in [0.3, 0.4) is 0 Å². The minimum atomic E-state index is -1.32. The van der Waals surface area contributed by atoms with E-state index in [1.54, 1.807) is 48.5 Å². The third kappa shape index (κ3) is 2.60. The zero-order valence-corrected chi connectivity index (χ0v) is 11.8. The van der Waals surface area contributed by atoms with Gasteiger partial charge in [-0.25, -0.2) is 4.79 Å². The Morgan fingerprint density at radius 3 is 2.43 bits per heavy atom. The molecule has 0 aliphatic rings. The van der Waals surface area contributed by atoms with Crippen molar-refractivity contribution in [3.63, 3.8) is 0 Å². The van der Waals surface area contributed by atoms with Gasteiger partial charge < -0.3 is 9.52 Å². The molecule has 21 heavy (non-hydrogen) atoms. The van der Waals surface area contributed by atoms with Gasteiger partial charge in [0, 0.05) is 15.8 Å². The van der Waals surface area contributed by atoms with Crippen LogP contribution in [0.15, 0.2) is 63.9 Å². The lowest BCUT2D eigenvalue weighted by molar-refractivity contribution is 0.0664. The summed E-state index contributed by atoms with van der Waals surface area (Å²) in [6.07, 6.45) is 0. The fraction of sp³-hybridized carbons (Fsp3) is 0.0625. The first-order valence-corrected chi connectivity index (χ1v) is 7.66. The summed E-state index contributed by atoms with van der Waals surface area (Å²) < 4.78 is 17.8. The highest BCUT2D eigenvalue weighted by atomic mass is 32.2. The third-order valence-corrected chi connectivity index (χ3v) is 4.52. The van der Waals surface area contributed by atoms with Crippen LogP contribution in [0.25, 0.3) is 11.0 Å². The molecule has 0 saturated carbocycles. The maximum Gasteiger partial charge on any atom is 0.372 e. The number of rotatable bonds is 4. The molecular formula is C16H12O4S. The molecule has 1 atom stereocenters. The van der Waals surface area contributed by atoms with Gasteiger partial charge in [0.1, 0.15) is 5.58 Å². The third-order valence-electron chi connectivity index (χ3n) is 3.17. The topological polar surface area (TPSA) is 67.5 Å². The zero-order chi connectivity index (χ0) is 14.8. The molecule has 3 rings (SSSR count). The Labute approximate surface area is 123 Å². The highest BCUT2D eigenvalue weighted by molar-refractivity contribution is 7.84. The first-order chi connectivity index (χ1) is 10.2. The maximum absolute atomic E-state index is 12.4. The molecule has 0 fully saturated rings. The van der Waals surface area contributed by atoms with Crippen LogP contribution in [0.5, 0.6) is 0 Å². The van der Waals surface area contributed by atoms with E-state index in [1.807, 2.05) is 6.07 Å². The number of carboxylic acid groups (broad SMARTS) is 1. The zero-order valence-electron chi connectivity index (χ0n) is 11.0. The van der Waals surface area contributed by atoms with Gasteiger partial charge in [-0.2, -0.15) is 0 Å². The molecule has 0 bridgehead atoms. The predicted molar refractivity (Wildman–Crippen MR) is 79.7 cm³/mol. The van der Waals surface area contributed by atoms with Gasteiger partial charge in [0.15, 0.2) is 0 Å². The van der Waals surface area contributed by atoms with Crippen LogP contribution >= 0.6 is 0 Å². The summed E-state index contributed by atoms with van der Waals surface area (Å²) in [7, 11) is -1.32. The number of carboxylic acids is 1. The van der Waals surface area contributed by atoms with Crippen molar-refractivity contribution >= 4 is 27.7 Å². The molecule has 2 aromatic carbocycles. The molecule has 0 aliphatic heterocycles. The minimum Gasteiger partial charge on any atom is -0.475 e. The number of benzene rings is 2. The summed E-state index contributed by atoms with van der Waals surface area (Å²) in [5.41, 5.74) is 0.968. The molecule has 1 heterocycles. The number of hydrogen-bond acceptors (Lipinski definition) is 3. The van der Waals surface area contributed by atoms with Crippen LogP contribution in [0, 0.1) is 0 Å². The van der Waals surface area contributed by atoms with Crippen LogP contribution in [0.2, 0.25) is 0 Å². The molecule has 0 aliphatic carbocycles. The lowest BCUT2D eigenvalue weighted by atomic mass is 10.1. The van der Waals surface area contributed by atoms with Gasteiger partial charge in [0.25, 0.3) is 0 Å². The maximum atomic E-state index is 12.4. The van der Waals surface area contributed by atoms with E-state index >= 15 is 0 Å². The summed E-state index contributed by atoms with van der Waals surface area (Å²) in [5, 5.41) is 9.95. The van der Waals surface area contributed by atoms with Crippen LogP contribution in [0.4, 0.5) is 0 Å². The largest absolute Gasteiger partial charge is 0.475 e. The van der Waals surface area contributed by atoms with E-state index in [1.165, 1.54) is 0 Å². The van der Waals surface area contributed by atoms with E-state index in [-0.39, 0.29) is 11.5 Å². The second-order valence-corrected chi connectivity index (χ2v) is 5.97. The molecule has 0 amide bonds. The monoisotopic (exact) mass is 300 g/mol. The molecule has 0 spiro atoms. The fourth-order valence-corrected chi connectivity index (χ4v) is 3.38. The summed E-state index contributed by atoms with van der Waals surface area (Å²) >= 11 is 0. The molecule has 0 saturated heterocycles. The van der Waals surface area contributed by atoms with Gasteiger partial charge in [-0.15, -0.1) is 0 Å². The number of aromatic carboxylic acids is 1. The van der Waals surface area contributed by atoms with Crippen molar-refractivity contribution in [3.05, 3.63) is 65.9 Å². The molecule has 5 heteroatoms. The Balaban J connectivity index is 2.05. The van der Waals surface area contributed by atoms with Gasteiger partial charge in [-0.05, 0) is 18.2 Å². The van der Waals surface area contributed by atoms with Crippen LogP contribution < -0.4 is 0 Å². The molecule has 1 unspecified atom stereocenters. The molecule has 1 aromatic heterocycles. The Kier molecular flexibility index (Phi) is 3.58. The van der Waals surface area contributed by atoms with Crippen molar-refractivity contribution in [2.75, 3.05) is 0 Å². The summed E-state index contributed by atoms with van der Waals surface area (Å²) in [4.78, 5) is 12.0. The second-order valence-electron chi connectivity index (χ2n) is 4.51. The quantitative estimate of drug-likeness (QED) is 0.801. The van der Waals surface area contributed by atoms with Crippen LogP contribution in [-0.2, 0) is 16.6 Å². The van der Waals surface area contributed by atoms with Gasteiger partial charge in [-0.3, -0.25) is 4.21 Å². The molecule has 3 aromatic rings. The minimum absolute atomic E-state index is 0.114. The molecule has 4 nitrogen and oxygen atoms in total. The summed E-state index contributed by atoms with van der Waals surface area (Å²) in [6, 6.07) is 16.0. The summed E-state index contributed by atoms with van der Waals surface area (Å²) in [6.45, 7) is 0. The summed E-state index contributed by atoms with van der Waals surface area (Å²) in [5.74, 6) is -1.17. The van der Waals surface area contributed by atoms with Crippen molar-refractivity contribution in [1.82, 2.24) is 0 Å². The number of para-hydroxylation sites is 1. The number of hydrogen-bond donors (Lipinski definition) is 1. The van der Waals surface area contributed by atoms with E-state index in [2.05, 4.69) is 0 Å². The van der Waals surface area contributed by atoms with Crippen molar-refractivity contribution in [2.45, 2.75) is 10.6 Å². The molecular weight excluding hydrogens is 288 g/mol. The van der Waals surface area contributed by atoms with Crippen molar-refractivity contribution in [2.24, 2.45) is 0 Å². The van der Waals surface area contributed by atoms with Gasteiger partial charge in [0.2, 0.25) is 5.76 Å². The van der Waals surface area contributed by atoms with E-state index in [0.29, 0.717) is 21.4 Å². The van der Waals surface area contributed by atoms with Gasteiger partial charge in [0.05, 0.1) is 16.6 Å². The predicted octanol–water partition coefficient (Wildman–Crippen LogP) is 3.44. The second kappa shape index (κ2) is 5.54. The van der Waals surface area contributed by atoms with E-state index < -0.39 is 16.8 Å². The lowest BCUT2D eigenvalue weighted by Crippen LogP contribution is -2.03. The van der Waals surface area contributed by atoms with Crippen LogP contribution in [-0.4, -0.2) is 15.3 Å². The van der Waals surface area contributed by atoms with Crippen molar-refractivity contribution in [3.8, 4) is 0 Å². The SMILES string of the molecule is O=C(O)c1oc2ccccc2c1CS(=O)c1ccccc1. The van der Waals surface area contributed by atoms with Gasteiger partial charge >= 0.3 is 5.97 Å². The first-order valence-electron chi connectivity index (χ1n) is 6.34. The fourth-order valence-electron chi connectivity index (χ4n) is 2.20. The molecule has 1 N–H and O–H groups in total. The number of carbonyl (C=O) groups is 1. The highest BCUT2D eigenvalue weighted by Crippen LogP contribution is 2.28. The Morgan fingerprint density at radius 1 is 1.05 bits per heavy atom. The number of fused-ring (bicyclic) bond motifs is 1.